The van der Waals surface area contributed by atoms with Crippen molar-refractivity contribution in [1.29, 1.82) is 0 Å². The molecule has 4 fully saturated rings. The van der Waals surface area contributed by atoms with Gasteiger partial charge in [-0.15, -0.1) is 0 Å². The molecule has 0 N–H and O–H groups in total. The van der Waals surface area contributed by atoms with Gasteiger partial charge >= 0.3 is 5.97 Å². The topological polar surface area (TPSA) is 43.4 Å². The van der Waals surface area contributed by atoms with Crippen molar-refractivity contribution in [2.75, 3.05) is 0 Å². The fraction of sp³-hybridized carbons (Fsp3) is 0.846. The van der Waals surface area contributed by atoms with Crippen LogP contribution in [0.2, 0.25) is 0 Å². The summed E-state index contributed by atoms with van der Waals surface area (Å²) < 4.78 is 6.09. The highest BCUT2D eigenvalue weighted by Gasteiger charge is 2.66. The molecule has 3 nitrogen and oxygen atoms in total. The van der Waals surface area contributed by atoms with Crippen molar-refractivity contribution in [3.05, 3.63) is 11.6 Å². The molecular weight excluding hydrogens is 360 g/mol. The number of cyclic esters (lactones) is 1. The van der Waals surface area contributed by atoms with E-state index in [0.29, 0.717) is 48.2 Å². The first-order valence-electron chi connectivity index (χ1n) is 12.1. The van der Waals surface area contributed by atoms with Crippen molar-refractivity contribution in [1.82, 2.24) is 0 Å². The molecule has 0 radical (unpaired) electrons. The molecule has 8 atom stereocenters. The van der Waals surface area contributed by atoms with Crippen molar-refractivity contribution in [2.45, 2.75) is 91.6 Å². The molecule has 1 aliphatic heterocycles. The highest BCUT2D eigenvalue weighted by atomic mass is 16.6. The molecule has 4 aliphatic carbocycles. The molecule has 0 aromatic heterocycles. The first kappa shape index (κ1) is 19.8. The van der Waals surface area contributed by atoms with Crippen LogP contribution in [0.25, 0.3) is 0 Å². The summed E-state index contributed by atoms with van der Waals surface area (Å²) >= 11 is 0. The molecule has 0 bridgehead atoms. The molecule has 0 spiro atoms. The molecule has 0 amide bonds. The molecular formula is C26H38O3. The number of carbonyl (C=O) groups is 2. The van der Waals surface area contributed by atoms with Gasteiger partial charge in [0.25, 0.3) is 0 Å². The van der Waals surface area contributed by atoms with Crippen LogP contribution in [0.3, 0.4) is 0 Å². The van der Waals surface area contributed by atoms with E-state index in [4.69, 9.17) is 4.74 Å². The second-order valence-corrected chi connectivity index (χ2v) is 11.8. The average Bonchev–Trinajstić information content (AvgIpc) is 3.44. The van der Waals surface area contributed by atoms with Gasteiger partial charge in [0.05, 0.1) is 0 Å². The highest BCUT2D eigenvalue weighted by molar-refractivity contribution is 5.91. The van der Waals surface area contributed by atoms with Gasteiger partial charge in [-0.3, -0.25) is 9.59 Å². The van der Waals surface area contributed by atoms with Crippen molar-refractivity contribution < 1.29 is 14.3 Å². The Morgan fingerprint density at radius 2 is 1.69 bits per heavy atom. The van der Waals surface area contributed by atoms with E-state index >= 15 is 0 Å². The van der Waals surface area contributed by atoms with Crippen LogP contribution in [0.5, 0.6) is 0 Å². The van der Waals surface area contributed by atoms with E-state index in [1.54, 1.807) is 0 Å². The minimum atomic E-state index is -0.315. The molecule has 3 saturated carbocycles. The molecule has 29 heavy (non-hydrogen) atoms. The summed E-state index contributed by atoms with van der Waals surface area (Å²) in [7, 11) is 0. The lowest BCUT2D eigenvalue weighted by Crippen LogP contribution is -2.61. The molecule has 160 valence electrons. The minimum absolute atomic E-state index is 0.00145. The standard InChI is InChI=1S/C26H38O3/c1-15-16(2)22-19(24(3)11-8-18(27)14-20(15)24)9-12-25(4,23(22)17-6-7-17)26(5)13-10-21(28)29-26/h14-17,19,22-23H,6-13H2,1-5H3/t15-,16+,19?,22+,23?,24-,25+,26-/m1/s1. The number of ether oxygens (including phenoxy) is 1. The zero-order valence-corrected chi connectivity index (χ0v) is 18.9. The number of hydrogen-bond acceptors (Lipinski definition) is 3. The number of fused-ring (bicyclic) bond motifs is 3. The number of carbonyl (C=O) groups excluding carboxylic acids is 2. The second kappa shape index (κ2) is 6.20. The van der Waals surface area contributed by atoms with Crippen LogP contribution in [-0.2, 0) is 14.3 Å². The van der Waals surface area contributed by atoms with Crippen LogP contribution in [0, 0.1) is 46.3 Å². The first-order valence-corrected chi connectivity index (χ1v) is 12.1. The zero-order chi connectivity index (χ0) is 20.8. The van der Waals surface area contributed by atoms with E-state index in [-0.39, 0.29) is 22.4 Å². The summed E-state index contributed by atoms with van der Waals surface area (Å²) in [6, 6.07) is 0. The Bertz CT molecular complexity index is 779. The average molecular weight is 399 g/mol. The van der Waals surface area contributed by atoms with Gasteiger partial charge in [-0.25, -0.2) is 0 Å². The Hall–Kier alpha value is -1.12. The summed E-state index contributed by atoms with van der Waals surface area (Å²) in [5, 5.41) is 0. The van der Waals surface area contributed by atoms with Gasteiger partial charge in [0.15, 0.2) is 5.78 Å². The lowest BCUT2D eigenvalue weighted by molar-refractivity contribution is -0.191. The van der Waals surface area contributed by atoms with Crippen LogP contribution in [0.4, 0.5) is 0 Å². The van der Waals surface area contributed by atoms with Gasteiger partial charge in [-0.2, -0.15) is 0 Å². The second-order valence-electron chi connectivity index (χ2n) is 11.8. The number of hydrogen-bond donors (Lipinski definition) is 0. The maximum absolute atomic E-state index is 12.3. The molecule has 1 saturated heterocycles. The quantitative estimate of drug-likeness (QED) is 0.559. The summed E-state index contributed by atoms with van der Waals surface area (Å²) in [6.45, 7) is 12.0. The van der Waals surface area contributed by atoms with Gasteiger partial charge in [-0.05, 0) is 92.4 Å². The van der Waals surface area contributed by atoms with Crippen molar-refractivity contribution in [2.24, 2.45) is 46.3 Å². The van der Waals surface area contributed by atoms with Gasteiger partial charge in [-0.1, -0.05) is 33.3 Å². The van der Waals surface area contributed by atoms with E-state index in [1.807, 2.05) is 6.08 Å². The lowest BCUT2D eigenvalue weighted by atomic mass is 9.40. The van der Waals surface area contributed by atoms with Crippen LogP contribution >= 0.6 is 0 Å². The number of esters is 1. The minimum Gasteiger partial charge on any atom is -0.459 e. The summed E-state index contributed by atoms with van der Waals surface area (Å²) in [6.07, 6.45) is 10.3. The Morgan fingerprint density at radius 1 is 0.966 bits per heavy atom. The van der Waals surface area contributed by atoms with Crippen LogP contribution < -0.4 is 0 Å². The molecule has 0 aromatic rings. The van der Waals surface area contributed by atoms with E-state index < -0.39 is 0 Å². The Labute approximate surface area is 176 Å². The molecule has 5 rings (SSSR count). The maximum Gasteiger partial charge on any atom is 0.306 e. The van der Waals surface area contributed by atoms with E-state index in [1.165, 1.54) is 24.8 Å². The van der Waals surface area contributed by atoms with Crippen molar-refractivity contribution >= 4 is 11.8 Å². The van der Waals surface area contributed by atoms with Gasteiger partial charge in [0.2, 0.25) is 0 Å². The van der Waals surface area contributed by atoms with Gasteiger partial charge in [0, 0.05) is 18.3 Å². The van der Waals surface area contributed by atoms with Crippen LogP contribution in [0.1, 0.15) is 86.0 Å². The largest absolute Gasteiger partial charge is 0.459 e. The summed E-state index contributed by atoms with van der Waals surface area (Å²) in [5.74, 6) is 4.13. The van der Waals surface area contributed by atoms with Crippen LogP contribution in [0.15, 0.2) is 11.6 Å². The maximum atomic E-state index is 12.3. The number of rotatable bonds is 2. The monoisotopic (exact) mass is 398 g/mol. The first-order chi connectivity index (χ1) is 13.6. The molecule has 5 aliphatic rings. The smallest absolute Gasteiger partial charge is 0.306 e. The van der Waals surface area contributed by atoms with Gasteiger partial charge in [0.1, 0.15) is 5.60 Å². The van der Waals surface area contributed by atoms with Crippen LogP contribution in [-0.4, -0.2) is 17.4 Å². The zero-order valence-electron chi connectivity index (χ0n) is 18.9. The molecule has 0 aromatic carbocycles. The fourth-order valence-corrected chi connectivity index (χ4v) is 8.53. The highest BCUT2D eigenvalue weighted by Crippen LogP contribution is 2.70. The Kier molecular flexibility index (Phi) is 4.24. The van der Waals surface area contributed by atoms with E-state index in [0.717, 1.165) is 25.2 Å². The summed E-state index contributed by atoms with van der Waals surface area (Å²) in [5.41, 5.74) is 1.37. The van der Waals surface area contributed by atoms with E-state index in [9.17, 15) is 9.59 Å². The summed E-state index contributed by atoms with van der Waals surface area (Å²) in [4.78, 5) is 24.4. The predicted octanol–water partition coefficient (Wildman–Crippen LogP) is 5.72. The lowest BCUT2D eigenvalue weighted by Gasteiger charge is -2.64. The third-order valence-corrected chi connectivity index (χ3v) is 10.6. The fourth-order valence-electron chi connectivity index (χ4n) is 8.53. The number of allylic oxidation sites excluding steroid dienone is 2. The number of ketones is 1. The van der Waals surface area contributed by atoms with Gasteiger partial charge < -0.3 is 4.74 Å². The van der Waals surface area contributed by atoms with E-state index in [2.05, 4.69) is 34.6 Å². The molecule has 1 heterocycles. The predicted molar refractivity (Wildman–Crippen MR) is 113 cm³/mol. The normalized spacial score (nSPS) is 52.4. The third kappa shape index (κ3) is 2.61. The van der Waals surface area contributed by atoms with Crippen molar-refractivity contribution in [3.8, 4) is 0 Å². The molecule has 3 heteroatoms. The Balaban J connectivity index is 1.59. The van der Waals surface area contributed by atoms with Crippen molar-refractivity contribution in [3.63, 3.8) is 0 Å². The SMILES string of the molecule is C[C@@H]1[C@H]2C(CC[C@](C)([C@@]3(C)CCC(=O)O3)C2C2CC2)[C@@]2(C)CCC(=O)C=C2[C@@H]1C. The third-order valence-electron chi connectivity index (χ3n) is 10.6. The molecule has 2 unspecified atom stereocenters. The Morgan fingerprint density at radius 3 is 2.31 bits per heavy atom.